The molecule has 1 saturated carbocycles. The fourth-order valence-electron chi connectivity index (χ4n) is 3.90. The molecule has 1 rings (SSSR count). The number of unbranched alkanes of at least 4 members (excludes halogenated alkanes) is 3. The second kappa shape index (κ2) is 12.6. The quantitative estimate of drug-likeness (QED) is 0.320. The maximum atomic E-state index is 10.2. The van der Waals surface area contributed by atoms with Gasteiger partial charge in [0.2, 0.25) is 0 Å². The molecule has 0 aromatic rings. The van der Waals surface area contributed by atoms with E-state index in [1.165, 1.54) is 71.1 Å². The van der Waals surface area contributed by atoms with Crippen LogP contribution in [0.3, 0.4) is 0 Å². The molecule has 1 aliphatic carbocycles. The Kier molecular flexibility index (Phi) is 11.7. The molecular formula is C21H40OSn. The van der Waals surface area contributed by atoms with Gasteiger partial charge in [0, 0.05) is 0 Å². The van der Waals surface area contributed by atoms with Crippen LogP contribution in [0.25, 0.3) is 0 Å². The summed E-state index contributed by atoms with van der Waals surface area (Å²) < 4.78 is 8.39. The van der Waals surface area contributed by atoms with Crippen LogP contribution in [0.5, 0.6) is 0 Å². The standard InChI is InChI=1S/C9H13O.3C4H9.Sn/c1-2-5-8-6-3-4-7-9(8)10;3*1-3-4-2;/h8-10H,3-7H2;3*1,3-4H2,2H3;/t8-,9-;;;;/m1..../s1. The van der Waals surface area contributed by atoms with E-state index in [-0.39, 0.29) is 6.10 Å². The van der Waals surface area contributed by atoms with Gasteiger partial charge in [-0.1, -0.05) is 0 Å². The van der Waals surface area contributed by atoms with Crippen molar-refractivity contribution in [3.63, 3.8) is 0 Å². The third kappa shape index (κ3) is 8.30. The number of hydrogen-bond acceptors (Lipinski definition) is 1. The van der Waals surface area contributed by atoms with E-state index < -0.39 is 18.4 Å². The molecule has 1 fully saturated rings. The summed E-state index contributed by atoms with van der Waals surface area (Å²) in [6.45, 7) is 6.96. The Hall–Kier alpha value is 0.319. The van der Waals surface area contributed by atoms with Gasteiger partial charge in [0.05, 0.1) is 0 Å². The maximum absolute atomic E-state index is 10.2. The summed E-state index contributed by atoms with van der Waals surface area (Å²) in [5.74, 6) is 4.10. The molecule has 0 unspecified atom stereocenters. The van der Waals surface area contributed by atoms with Crippen molar-refractivity contribution in [1.29, 1.82) is 0 Å². The van der Waals surface area contributed by atoms with E-state index in [1.54, 1.807) is 0 Å². The average molecular weight is 427 g/mol. The first-order valence-corrected chi connectivity index (χ1v) is 17.8. The van der Waals surface area contributed by atoms with E-state index >= 15 is 0 Å². The monoisotopic (exact) mass is 428 g/mol. The molecule has 0 saturated heterocycles. The van der Waals surface area contributed by atoms with E-state index in [1.807, 2.05) is 0 Å². The van der Waals surface area contributed by atoms with Gasteiger partial charge in [-0.15, -0.1) is 0 Å². The van der Waals surface area contributed by atoms with Crippen LogP contribution in [0.4, 0.5) is 0 Å². The van der Waals surface area contributed by atoms with Crippen LogP contribution in [0.1, 0.15) is 91.4 Å². The molecule has 1 nitrogen and oxygen atoms in total. The molecule has 2 atom stereocenters. The van der Waals surface area contributed by atoms with Crippen molar-refractivity contribution in [2.45, 2.75) is 111 Å². The molecule has 0 amide bonds. The van der Waals surface area contributed by atoms with Crippen molar-refractivity contribution < 1.29 is 5.11 Å². The van der Waals surface area contributed by atoms with Crippen molar-refractivity contribution >= 4 is 18.4 Å². The van der Waals surface area contributed by atoms with Crippen LogP contribution in [0, 0.1) is 15.8 Å². The molecule has 0 radical (unpaired) electrons. The van der Waals surface area contributed by atoms with Crippen molar-refractivity contribution in [2.24, 2.45) is 5.92 Å². The fourth-order valence-corrected chi connectivity index (χ4v) is 17.3. The van der Waals surface area contributed by atoms with Gasteiger partial charge in [-0.25, -0.2) is 0 Å². The van der Waals surface area contributed by atoms with Gasteiger partial charge >= 0.3 is 150 Å². The Balaban J connectivity index is 2.73. The van der Waals surface area contributed by atoms with Gasteiger partial charge < -0.3 is 0 Å². The zero-order chi connectivity index (χ0) is 17.0. The molecule has 23 heavy (non-hydrogen) atoms. The molecule has 0 aromatic carbocycles. The normalized spacial score (nSPS) is 21.7. The summed E-state index contributed by atoms with van der Waals surface area (Å²) in [6.07, 6.45) is 13.7. The Bertz CT molecular complexity index is 333. The third-order valence-corrected chi connectivity index (χ3v) is 18.9. The summed E-state index contributed by atoms with van der Waals surface area (Å²) in [5.41, 5.74) is 0. The second-order valence-electron chi connectivity index (χ2n) is 7.71. The second-order valence-corrected chi connectivity index (χ2v) is 20.0. The van der Waals surface area contributed by atoms with Gasteiger partial charge in [0.1, 0.15) is 0 Å². The zero-order valence-corrected chi connectivity index (χ0v) is 18.9. The van der Waals surface area contributed by atoms with E-state index in [4.69, 9.17) is 0 Å². The van der Waals surface area contributed by atoms with Crippen molar-refractivity contribution in [3.8, 4) is 9.86 Å². The topological polar surface area (TPSA) is 20.2 Å². The van der Waals surface area contributed by atoms with Crippen molar-refractivity contribution in [1.82, 2.24) is 0 Å². The number of rotatable bonds is 10. The van der Waals surface area contributed by atoms with E-state index in [9.17, 15) is 5.11 Å². The predicted molar refractivity (Wildman–Crippen MR) is 105 cm³/mol. The molecule has 2 heteroatoms. The van der Waals surface area contributed by atoms with Crippen LogP contribution in [-0.2, 0) is 0 Å². The summed E-state index contributed by atoms with van der Waals surface area (Å²) >= 11 is -2.26. The van der Waals surface area contributed by atoms with Crippen LogP contribution >= 0.6 is 0 Å². The van der Waals surface area contributed by atoms with Gasteiger partial charge in [-0.2, -0.15) is 0 Å². The van der Waals surface area contributed by atoms with Gasteiger partial charge in [-0.05, 0) is 0 Å². The molecule has 134 valence electrons. The van der Waals surface area contributed by atoms with Crippen LogP contribution in [-0.4, -0.2) is 29.6 Å². The van der Waals surface area contributed by atoms with E-state index in [0.29, 0.717) is 5.92 Å². The minimum absolute atomic E-state index is 0.0791. The van der Waals surface area contributed by atoms with Crippen molar-refractivity contribution in [3.05, 3.63) is 0 Å². The summed E-state index contributed by atoms with van der Waals surface area (Å²) in [7, 11) is 0. The molecule has 0 spiro atoms. The van der Waals surface area contributed by atoms with Gasteiger partial charge in [-0.3, -0.25) is 0 Å². The number of hydrogen-bond donors (Lipinski definition) is 1. The molecule has 0 aromatic heterocycles. The Morgan fingerprint density at radius 3 is 1.87 bits per heavy atom. The molecular weight excluding hydrogens is 387 g/mol. The summed E-state index contributed by atoms with van der Waals surface area (Å²) in [5, 5.41) is 10.2. The molecule has 1 aliphatic rings. The third-order valence-electron chi connectivity index (χ3n) is 5.61. The fraction of sp³-hybridized carbons (Fsp3) is 0.905. The molecule has 0 aliphatic heterocycles. The van der Waals surface area contributed by atoms with Gasteiger partial charge in [0.15, 0.2) is 0 Å². The van der Waals surface area contributed by atoms with Crippen LogP contribution < -0.4 is 0 Å². The summed E-state index contributed by atoms with van der Waals surface area (Å²) in [4.78, 5) is 0. The predicted octanol–water partition coefficient (Wildman–Crippen LogP) is 6.32. The number of aliphatic hydroxyl groups excluding tert-OH is 1. The first-order chi connectivity index (χ1) is 11.2. The SMILES string of the molecule is CCC[CH2][Sn]([C]#CC[C@@H]1CCCC[C@H]1O)([CH2]CCC)[CH2]CCC. The van der Waals surface area contributed by atoms with E-state index in [2.05, 4.69) is 30.6 Å². The Labute approximate surface area is 149 Å². The Morgan fingerprint density at radius 2 is 1.39 bits per heavy atom. The zero-order valence-electron chi connectivity index (χ0n) is 16.0. The summed E-state index contributed by atoms with van der Waals surface area (Å²) in [6, 6.07) is 0. The first-order valence-electron chi connectivity index (χ1n) is 10.4. The number of aliphatic hydroxyl groups is 1. The van der Waals surface area contributed by atoms with Crippen LogP contribution in [0.15, 0.2) is 0 Å². The van der Waals surface area contributed by atoms with Gasteiger partial charge in [0.25, 0.3) is 0 Å². The van der Waals surface area contributed by atoms with Crippen LogP contribution in [0.2, 0.25) is 13.3 Å². The first kappa shape index (κ1) is 21.4. The average Bonchev–Trinajstić information content (AvgIpc) is 2.57. The molecule has 0 heterocycles. The van der Waals surface area contributed by atoms with Crippen molar-refractivity contribution in [2.75, 3.05) is 0 Å². The molecule has 1 N–H and O–H groups in total. The molecule has 0 bridgehead atoms. The Morgan fingerprint density at radius 1 is 0.870 bits per heavy atom. The van der Waals surface area contributed by atoms with E-state index in [0.717, 1.165) is 12.8 Å². The minimum atomic E-state index is -2.26.